The molecule has 0 saturated heterocycles. The molecule has 0 N–H and O–H groups in total. The first-order valence-electron chi connectivity index (χ1n) is 6.75. The van der Waals surface area contributed by atoms with Crippen molar-refractivity contribution in [1.82, 2.24) is 0 Å². The van der Waals surface area contributed by atoms with Gasteiger partial charge >= 0.3 is 0 Å². The van der Waals surface area contributed by atoms with Crippen LogP contribution in [0.5, 0.6) is 0 Å². The van der Waals surface area contributed by atoms with Crippen LogP contribution in [0.15, 0.2) is 0 Å². The van der Waals surface area contributed by atoms with Gasteiger partial charge in [-0.05, 0) is 0 Å². The van der Waals surface area contributed by atoms with Crippen LogP contribution in [0.3, 0.4) is 0 Å². The van der Waals surface area contributed by atoms with E-state index in [-0.39, 0.29) is 6.15 Å². The van der Waals surface area contributed by atoms with Crippen LogP contribution in [0.25, 0.3) is 0 Å². The van der Waals surface area contributed by atoms with Crippen LogP contribution in [0, 0.1) is 6.82 Å². The van der Waals surface area contributed by atoms with Crippen molar-refractivity contribution in [2.24, 2.45) is 0 Å². The number of rotatable bonds is 9. The summed E-state index contributed by atoms with van der Waals surface area (Å²) in [5, 5.41) is 0. The molecule has 0 heterocycles. The smallest absolute Gasteiger partial charge is 0.133 e. The molecule has 1 heteroatoms. The second-order valence-electron chi connectivity index (χ2n) is 5.16. The summed E-state index contributed by atoms with van der Waals surface area (Å²) >= 11 is 0. The van der Waals surface area contributed by atoms with Crippen LogP contribution in [-0.2, 0) is 0 Å². The summed E-state index contributed by atoms with van der Waals surface area (Å²) in [7, 11) is 0. The molecular weight excluding hydrogens is 167 g/mol. The fraction of sp³-hybridized carbons (Fsp3) is 0.923. The zero-order valence-electron chi connectivity index (χ0n) is 10.6. The molecule has 0 aliphatic carbocycles. The van der Waals surface area contributed by atoms with Crippen molar-refractivity contribution < 1.29 is 0 Å². The Bertz CT molecular complexity index is 98.6. The lowest BCUT2D eigenvalue weighted by atomic mass is 9.20. The van der Waals surface area contributed by atoms with Gasteiger partial charge in [0, 0.05) is 0 Å². The zero-order valence-corrected chi connectivity index (χ0v) is 10.6. The molecule has 84 valence electrons. The minimum absolute atomic E-state index is 0.255. The molecule has 0 aliphatic rings. The van der Waals surface area contributed by atoms with Gasteiger partial charge in [-0.15, -0.1) is 25.8 Å². The third-order valence-corrected chi connectivity index (χ3v) is 3.51. The van der Waals surface area contributed by atoms with E-state index in [9.17, 15) is 0 Å². The lowest BCUT2D eigenvalue weighted by Crippen LogP contribution is -2.30. The first kappa shape index (κ1) is 13.9. The molecule has 0 aromatic rings. The Morgan fingerprint density at radius 3 is 1.21 bits per heavy atom. The van der Waals surface area contributed by atoms with Crippen LogP contribution < -0.4 is 0 Å². The minimum atomic E-state index is -0.255. The predicted molar refractivity (Wildman–Crippen MR) is 70.3 cm³/mol. The Labute approximate surface area is 91.8 Å². The molecule has 0 amide bonds. The first-order chi connectivity index (χ1) is 6.68. The predicted octanol–water partition coefficient (Wildman–Crippen LogP) is 5.21. The van der Waals surface area contributed by atoms with Gasteiger partial charge in [0.15, 0.2) is 6.15 Å². The van der Waals surface area contributed by atoms with Gasteiger partial charge < -0.3 is 0 Å². The molecule has 0 aliphatic heterocycles. The van der Waals surface area contributed by atoms with Gasteiger partial charge in [0.2, 0.25) is 0 Å². The highest BCUT2D eigenvalue weighted by Crippen LogP contribution is 2.26. The van der Waals surface area contributed by atoms with Crippen molar-refractivity contribution in [2.75, 3.05) is 0 Å². The molecule has 14 heavy (non-hydrogen) atoms. The van der Waals surface area contributed by atoms with Crippen LogP contribution >= 0.6 is 0 Å². The van der Waals surface area contributed by atoms with E-state index in [1.807, 2.05) is 0 Å². The summed E-state index contributed by atoms with van der Waals surface area (Å²) in [5.41, 5.74) is 0. The third-order valence-electron chi connectivity index (χ3n) is 3.51. The lowest BCUT2D eigenvalue weighted by Gasteiger charge is -2.26. The van der Waals surface area contributed by atoms with Gasteiger partial charge in [0.05, 0.1) is 0 Å². The van der Waals surface area contributed by atoms with Crippen LogP contribution in [0.4, 0.5) is 0 Å². The van der Waals surface area contributed by atoms with Crippen molar-refractivity contribution in [2.45, 2.75) is 78.3 Å². The van der Waals surface area contributed by atoms with E-state index in [0.717, 1.165) is 0 Å². The molecule has 0 aromatic carbocycles. The largest absolute Gasteiger partial charge is 0.193 e. The summed E-state index contributed by atoms with van der Waals surface area (Å²) in [5.74, 6) is 0. The molecule has 0 atom stereocenters. The molecule has 0 saturated carbocycles. The summed E-state index contributed by atoms with van der Waals surface area (Å²) < 4.78 is 0. The Morgan fingerprint density at radius 1 is 0.714 bits per heavy atom. The van der Waals surface area contributed by atoms with Crippen molar-refractivity contribution in [3.05, 3.63) is 6.82 Å². The van der Waals surface area contributed by atoms with E-state index < -0.39 is 0 Å². The summed E-state index contributed by atoms with van der Waals surface area (Å²) in [6, 6.07) is 0. The zero-order chi connectivity index (χ0) is 10.9. The van der Waals surface area contributed by atoms with Crippen molar-refractivity contribution in [3.8, 4) is 0 Å². The quantitative estimate of drug-likeness (QED) is 0.351. The van der Waals surface area contributed by atoms with Crippen LogP contribution in [-0.4, -0.2) is 6.15 Å². The van der Waals surface area contributed by atoms with E-state index in [0.29, 0.717) is 0 Å². The average Bonchev–Trinajstić information content (AvgIpc) is 2.21. The van der Waals surface area contributed by atoms with Gasteiger partial charge in [0.25, 0.3) is 0 Å². The summed E-state index contributed by atoms with van der Waals surface area (Å²) in [4.78, 5) is 0. The van der Waals surface area contributed by atoms with Crippen LogP contribution in [0.2, 0.25) is 19.0 Å². The number of hydrogen-bond donors (Lipinski definition) is 0. The van der Waals surface area contributed by atoms with Gasteiger partial charge in [-0.2, -0.15) is 0 Å². The maximum absolute atomic E-state index is 4.54. The number of hydrogen-bond acceptors (Lipinski definition) is 0. The van der Waals surface area contributed by atoms with Crippen molar-refractivity contribution in [1.29, 1.82) is 0 Å². The van der Waals surface area contributed by atoms with Gasteiger partial charge in [-0.25, -0.2) is 0 Å². The van der Waals surface area contributed by atoms with Crippen molar-refractivity contribution >= 4 is 6.15 Å². The van der Waals surface area contributed by atoms with E-state index in [1.165, 1.54) is 57.5 Å². The maximum Gasteiger partial charge on any atom is 0.193 e. The van der Waals surface area contributed by atoms with Gasteiger partial charge in [-0.1, -0.05) is 59.3 Å². The SMILES string of the molecule is [CH2+][B-](CCCC)(CCCC)CCCC. The second kappa shape index (κ2) is 8.26. The van der Waals surface area contributed by atoms with E-state index in [4.69, 9.17) is 0 Å². The van der Waals surface area contributed by atoms with Crippen LogP contribution in [0.1, 0.15) is 59.3 Å². The maximum atomic E-state index is 4.54. The average molecular weight is 196 g/mol. The topological polar surface area (TPSA) is 0 Å². The third kappa shape index (κ3) is 6.40. The molecule has 0 nitrogen and oxygen atoms in total. The highest BCUT2D eigenvalue weighted by Gasteiger charge is 2.26. The number of unbranched alkanes of at least 4 members (excludes halogenated alkanes) is 3. The van der Waals surface area contributed by atoms with Crippen molar-refractivity contribution in [3.63, 3.8) is 0 Å². The molecule has 0 spiro atoms. The monoisotopic (exact) mass is 196 g/mol. The molecular formula is C13H29B. The highest BCUT2D eigenvalue weighted by atomic mass is 14.0. The standard InChI is InChI=1S/C13H29B/c1-5-8-11-14(4,12-9-6-2)13-10-7-3/h4-13H2,1-3H3. The van der Waals surface area contributed by atoms with E-state index in [1.54, 1.807) is 0 Å². The highest BCUT2D eigenvalue weighted by molar-refractivity contribution is 6.81. The molecule has 0 aromatic heterocycles. The Morgan fingerprint density at radius 2 is 1.00 bits per heavy atom. The molecule has 0 radical (unpaired) electrons. The van der Waals surface area contributed by atoms with Gasteiger partial charge in [0.1, 0.15) is 0 Å². The Balaban J connectivity index is 3.89. The molecule has 0 bridgehead atoms. The summed E-state index contributed by atoms with van der Waals surface area (Å²) in [6.07, 6.45) is 12.1. The Kier molecular flexibility index (Phi) is 8.22. The molecule has 0 fully saturated rings. The fourth-order valence-electron chi connectivity index (χ4n) is 2.34. The minimum Gasteiger partial charge on any atom is -0.133 e. The van der Waals surface area contributed by atoms with Gasteiger partial charge in [-0.3, -0.25) is 0 Å². The second-order valence-corrected chi connectivity index (χ2v) is 5.16. The van der Waals surface area contributed by atoms with E-state index in [2.05, 4.69) is 27.6 Å². The molecule has 0 unspecified atom stereocenters. The molecule has 0 rings (SSSR count). The lowest BCUT2D eigenvalue weighted by molar-refractivity contribution is 0.799. The normalized spacial score (nSPS) is 11.9. The summed E-state index contributed by atoms with van der Waals surface area (Å²) in [6.45, 7) is 11.4. The van der Waals surface area contributed by atoms with E-state index >= 15 is 0 Å². The Hall–Kier alpha value is -0.0651. The fourth-order valence-corrected chi connectivity index (χ4v) is 2.34. The first-order valence-corrected chi connectivity index (χ1v) is 6.75.